The topological polar surface area (TPSA) is 99.8 Å². The summed E-state index contributed by atoms with van der Waals surface area (Å²) in [6.07, 6.45) is -2.33. The number of carbonyl (C=O) groups is 2. The number of nitrogens with one attached hydrogen (secondary N) is 1. The molecule has 12 heteroatoms. The van der Waals surface area contributed by atoms with Gasteiger partial charge in [-0.25, -0.2) is 9.18 Å². The number of hydrogen-bond donors (Lipinski definition) is 2. The molecule has 0 aliphatic carbocycles. The van der Waals surface area contributed by atoms with Gasteiger partial charge in [0.25, 0.3) is 5.91 Å². The Bertz CT molecular complexity index is 1180. The maximum atomic E-state index is 13.8. The highest BCUT2D eigenvalue weighted by Crippen LogP contribution is 2.27. The van der Waals surface area contributed by atoms with Gasteiger partial charge in [0.15, 0.2) is 5.65 Å². The molecule has 1 saturated heterocycles. The molecule has 1 atom stereocenters. The van der Waals surface area contributed by atoms with Crippen molar-refractivity contribution < 1.29 is 32.3 Å². The number of benzene rings is 1. The molecule has 1 aromatic carbocycles. The maximum Gasteiger partial charge on any atom is 0.490 e. The van der Waals surface area contributed by atoms with E-state index in [1.807, 2.05) is 4.40 Å². The van der Waals surface area contributed by atoms with Crippen molar-refractivity contribution in [2.75, 3.05) is 18.4 Å². The average Bonchev–Trinajstić information content (AvgIpc) is 3.41. The van der Waals surface area contributed by atoms with Crippen molar-refractivity contribution in [1.29, 1.82) is 0 Å². The summed E-state index contributed by atoms with van der Waals surface area (Å²) >= 11 is 0. The van der Waals surface area contributed by atoms with Crippen molar-refractivity contribution in [3.63, 3.8) is 0 Å². The highest BCUT2D eigenvalue weighted by molar-refractivity contribution is 6.04. The number of pyridine rings is 1. The number of carboxylic acids is 1. The third kappa shape index (κ3) is 5.87. The third-order valence-corrected chi connectivity index (χ3v) is 5.37. The number of aromatic nitrogens is 3. The van der Waals surface area contributed by atoms with E-state index in [0.29, 0.717) is 17.3 Å². The van der Waals surface area contributed by atoms with E-state index >= 15 is 0 Å². The largest absolute Gasteiger partial charge is 0.490 e. The number of amides is 1. The van der Waals surface area contributed by atoms with Gasteiger partial charge in [-0.1, -0.05) is 12.1 Å². The molecule has 4 rings (SSSR count). The van der Waals surface area contributed by atoms with Crippen LogP contribution in [0, 0.1) is 5.82 Å². The van der Waals surface area contributed by atoms with Gasteiger partial charge < -0.3 is 15.3 Å². The zero-order valence-corrected chi connectivity index (χ0v) is 18.4. The van der Waals surface area contributed by atoms with Crippen LogP contribution in [0.15, 0.2) is 42.6 Å². The number of nitrogens with zero attached hydrogens (tertiary/aromatic N) is 4. The first-order valence-electron chi connectivity index (χ1n) is 10.4. The second-order valence-electron chi connectivity index (χ2n) is 8.02. The average molecular weight is 481 g/mol. The van der Waals surface area contributed by atoms with Crippen LogP contribution in [-0.4, -0.2) is 61.8 Å². The van der Waals surface area contributed by atoms with Crippen molar-refractivity contribution in [2.45, 2.75) is 38.4 Å². The predicted molar refractivity (Wildman–Crippen MR) is 115 cm³/mol. The number of aliphatic carboxylic acids is 1. The molecule has 34 heavy (non-hydrogen) atoms. The minimum Gasteiger partial charge on any atom is -0.475 e. The summed E-state index contributed by atoms with van der Waals surface area (Å²) in [7, 11) is 0. The molecule has 1 fully saturated rings. The molecule has 0 spiro atoms. The molecule has 182 valence electrons. The molecule has 8 nitrogen and oxygen atoms in total. The van der Waals surface area contributed by atoms with Crippen LogP contribution in [0.3, 0.4) is 0 Å². The van der Waals surface area contributed by atoms with E-state index in [0.717, 1.165) is 25.3 Å². The van der Waals surface area contributed by atoms with Gasteiger partial charge in [0.2, 0.25) is 0 Å². The van der Waals surface area contributed by atoms with Crippen molar-refractivity contribution in [2.24, 2.45) is 0 Å². The fourth-order valence-electron chi connectivity index (χ4n) is 3.55. The van der Waals surface area contributed by atoms with Gasteiger partial charge in [-0.3, -0.25) is 9.20 Å². The number of halogens is 4. The van der Waals surface area contributed by atoms with Crippen LogP contribution < -0.4 is 5.32 Å². The minimum atomic E-state index is -5.08. The van der Waals surface area contributed by atoms with Crippen LogP contribution in [0.25, 0.3) is 5.65 Å². The van der Waals surface area contributed by atoms with Crippen molar-refractivity contribution in [3.05, 3.63) is 59.8 Å². The molecule has 1 aliphatic rings. The van der Waals surface area contributed by atoms with E-state index in [1.165, 1.54) is 12.1 Å². The zero-order valence-electron chi connectivity index (χ0n) is 18.4. The number of anilines is 1. The number of para-hydroxylation sites is 1. The minimum absolute atomic E-state index is 0.162. The van der Waals surface area contributed by atoms with E-state index in [1.54, 1.807) is 30.5 Å². The number of fused-ring (bicyclic) bond motifs is 1. The molecule has 0 radical (unpaired) electrons. The Kier molecular flexibility index (Phi) is 7.50. The Labute approximate surface area is 192 Å². The Morgan fingerprint density at radius 1 is 1.15 bits per heavy atom. The lowest BCUT2D eigenvalue weighted by molar-refractivity contribution is -0.192. The summed E-state index contributed by atoms with van der Waals surface area (Å²) in [5.41, 5.74) is 1.30. The summed E-state index contributed by atoms with van der Waals surface area (Å²) < 4.78 is 47.4. The zero-order chi connectivity index (χ0) is 25.0. The highest BCUT2D eigenvalue weighted by Gasteiger charge is 2.38. The van der Waals surface area contributed by atoms with E-state index in [4.69, 9.17) is 9.90 Å². The Morgan fingerprint density at radius 2 is 1.82 bits per heavy atom. The highest BCUT2D eigenvalue weighted by atomic mass is 19.4. The van der Waals surface area contributed by atoms with Crippen LogP contribution >= 0.6 is 0 Å². The SMILES string of the molecule is CC(C)N1CCC(c2nnc3ccc(C(=O)Nc4ccccc4F)cn23)C1.O=C(O)C(F)(F)F. The third-order valence-electron chi connectivity index (χ3n) is 5.37. The molecule has 2 N–H and O–H groups in total. The summed E-state index contributed by atoms with van der Waals surface area (Å²) in [4.78, 5) is 23.9. The quantitative estimate of drug-likeness (QED) is 0.548. The predicted octanol–water partition coefficient (Wildman–Crippen LogP) is 3.95. The van der Waals surface area contributed by atoms with E-state index in [-0.39, 0.29) is 17.5 Å². The molecule has 1 aliphatic heterocycles. The first kappa shape index (κ1) is 25.1. The standard InChI is InChI=1S/C20H22FN5O.C2HF3O2/c1-13(2)25-10-9-14(11-25)19-24-23-18-8-7-15(12-26(18)19)20(27)22-17-6-4-3-5-16(17)21;3-2(4,5)1(6)7/h3-8,12-14H,9-11H2,1-2H3,(H,22,27);(H,6,7). The molecule has 3 aromatic rings. The van der Waals surface area contributed by atoms with Crippen molar-refractivity contribution in [1.82, 2.24) is 19.5 Å². The lowest BCUT2D eigenvalue weighted by atomic mass is 10.1. The molecule has 0 saturated carbocycles. The fraction of sp³-hybridized carbons (Fsp3) is 0.364. The number of alkyl halides is 3. The van der Waals surface area contributed by atoms with Crippen LogP contribution in [0.1, 0.15) is 42.4 Å². The van der Waals surface area contributed by atoms with E-state index in [2.05, 4.69) is 34.3 Å². The molecule has 1 amide bonds. The summed E-state index contributed by atoms with van der Waals surface area (Å²) in [6.45, 7) is 6.35. The molecular weight excluding hydrogens is 458 g/mol. The Hall–Kier alpha value is -3.54. The first-order chi connectivity index (χ1) is 16.0. The van der Waals surface area contributed by atoms with Gasteiger partial charge in [-0.05, 0) is 51.1 Å². The number of carboxylic acid groups (broad SMARTS) is 1. The first-order valence-corrected chi connectivity index (χ1v) is 10.4. The van der Waals surface area contributed by atoms with Crippen LogP contribution in [0.4, 0.5) is 23.2 Å². The van der Waals surface area contributed by atoms with Gasteiger partial charge in [-0.15, -0.1) is 10.2 Å². The summed E-state index contributed by atoms with van der Waals surface area (Å²) in [5, 5.41) is 18.3. The van der Waals surface area contributed by atoms with E-state index in [9.17, 15) is 22.4 Å². The Morgan fingerprint density at radius 3 is 2.41 bits per heavy atom. The summed E-state index contributed by atoms with van der Waals surface area (Å²) in [5.74, 6) is -2.43. The molecule has 0 bridgehead atoms. The molecule has 2 aromatic heterocycles. The van der Waals surface area contributed by atoms with Crippen LogP contribution in [-0.2, 0) is 4.79 Å². The number of likely N-dealkylation sites (tertiary alicyclic amines) is 1. The van der Waals surface area contributed by atoms with Gasteiger partial charge in [-0.2, -0.15) is 13.2 Å². The monoisotopic (exact) mass is 481 g/mol. The fourth-order valence-corrected chi connectivity index (χ4v) is 3.55. The molecule has 3 heterocycles. The second kappa shape index (κ2) is 10.2. The lowest BCUT2D eigenvalue weighted by Gasteiger charge is -2.19. The second-order valence-corrected chi connectivity index (χ2v) is 8.02. The van der Waals surface area contributed by atoms with Gasteiger partial charge >= 0.3 is 12.1 Å². The van der Waals surface area contributed by atoms with Crippen molar-refractivity contribution >= 4 is 23.2 Å². The molecular formula is C22H23F4N5O3. The molecule has 1 unspecified atom stereocenters. The van der Waals surface area contributed by atoms with Crippen molar-refractivity contribution in [3.8, 4) is 0 Å². The smallest absolute Gasteiger partial charge is 0.475 e. The summed E-state index contributed by atoms with van der Waals surface area (Å²) in [6, 6.07) is 10.1. The Balaban J connectivity index is 0.000000406. The van der Waals surface area contributed by atoms with Gasteiger partial charge in [0, 0.05) is 24.7 Å². The number of hydrogen-bond acceptors (Lipinski definition) is 5. The maximum absolute atomic E-state index is 13.8. The van der Waals surface area contributed by atoms with Crippen LogP contribution in [0.2, 0.25) is 0 Å². The van der Waals surface area contributed by atoms with Gasteiger partial charge in [0.05, 0.1) is 11.3 Å². The lowest BCUT2D eigenvalue weighted by Crippen LogP contribution is -2.28. The van der Waals surface area contributed by atoms with Gasteiger partial charge in [0.1, 0.15) is 11.6 Å². The normalized spacial score (nSPS) is 16.4. The number of rotatable bonds is 4. The van der Waals surface area contributed by atoms with E-state index < -0.39 is 18.0 Å². The van der Waals surface area contributed by atoms with Crippen LogP contribution in [0.5, 0.6) is 0 Å². The number of carbonyl (C=O) groups excluding carboxylic acids is 1.